The van der Waals surface area contributed by atoms with Crippen LogP contribution in [-0.2, 0) is 16.6 Å². The number of aryl methyl sites for hydroxylation is 1. The van der Waals surface area contributed by atoms with Gasteiger partial charge >= 0.3 is 0 Å². The van der Waals surface area contributed by atoms with Crippen LogP contribution in [0.2, 0.25) is 0 Å². The Bertz CT molecular complexity index is 562. The van der Waals surface area contributed by atoms with Gasteiger partial charge in [-0.05, 0) is 37.1 Å². The van der Waals surface area contributed by atoms with Crippen LogP contribution < -0.4 is 5.32 Å². The Hall–Kier alpha value is -0.430. The van der Waals surface area contributed by atoms with Crippen molar-refractivity contribution in [3.8, 4) is 0 Å². The van der Waals surface area contributed by atoms with Crippen molar-refractivity contribution in [2.24, 2.45) is 0 Å². The highest BCUT2D eigenvalue weighted by Crippen LogP contribution is 2.30. The van der Waals surface area contributed by atoms with Crippen LogP contribution in [0.25, 0.3) is 0 Å². The van der Waals surface area contributed by atoms with Crippen LogP contribution in [0.1, 0.15) is 50.0 Å². The number of thiophene rings is 1. The summed E-state index contributed by atoms with van der Waals surface area (Å²) in [6, 6.07) is 0.588. The Morgan fingerprint density at radius 1 is 1.38 bits per heavy atom. The lowest BCUT2D eigenvalue weighted by molar-refractivity contribution is 0.418. The lowest BCUT2D eigenvalue weighted by Gasteiger charge is -2.21. The summed E-state index contributed by atoms with van der Waals surface area (Å²) in [5.41, 5.74) is 0.877. The summed E-state index contributed by atoms with van der Waals surface area (Å²) in [5, 5.41) is 5.39. The average molecular weight is 331 g/mol. The molecule has 0 atom stereocenters. The SMILES string of the molecule is CCCCN(CC)S(=O)(=O)c1c(C)csc1CNC1CC1. The van der Waals surface area contributed by atoms with Gasteiger partial charge in [0, 0.05) is 30.6 Å². The molecular formula is C15H26N2O2S2. The van der Waals surface area contributed by atoms with Crippen molar-refractivity contribution in [1.82, 2.24) is 9.62 Å². The molecule has 1 aliphatic rings. The van der Waals surface area contributed by atoms with E-state index in [4.69, 9.17) is 0 Å². The molecule has 2 rings (SSSR count). The van der Waals surface area contributed by atoms with Crippen molar-refractivity contribution >= 4 is 21.4 Å². The zero-order chi connectivity index (χ0) is 15.5. The third-order valence-corrected chi connectivity index (χ3v) is 7.27. The molecule has 0 saturated heterocycles. The largest absolute Gasteiger partial charge is 0.309 e. The molecule has 0 amide bonds. The monoisotopic (exact) mass is 330 g/mol. The number of hydrogen-bond donors (Lipinski definition) is 1. The quantitative estimate of drug-likeness (QED) is 0.757. The highest BCUT2D eigenvalue weighted by atomic mass is 32.2. The van der Waals surface area contributed by atoms with Gasteiger partial charge in [0.05, 0.1) is 0 Å². The molecule has 1 saturated carbocycles. The number of sulfonamides is 1. The number of nitrogens with zero attached hydrogens (tertiary/aromatic N) is 1. The van der Waals surface area contributed by atoms with Crippen molar-refractivity contribution in [3.63, 3.8) is 0 Å². The minimum absolute atomic E-state index is 0.535. The normalized spacial score (nSPS) is 15.8. The first-order valence-electron chi connectivity index (χ1n) is 7.81. The van der Waals surface area contributed by atoms with Crippen LogP contribution in [0, 0.1) is 6.92 Å². The average Bonchev–Trinajstić information content (AvgIpc) is 3.19. The van der Waals surface area contributed by atoms with Crippen LogP contribution >= 0.6 is 11.3 Å². The molecule has 1 aromatic heterocycles. The Balaban J connectivity index is 2.22. The first-order chi connectivity index (χ1) is 10.0. The topological polar surface area (TPSA) is 49.4 Å². The first-order valence-corrected chi connectivity index (χ1v) is 10.1. The van der Waals surface area contributed by atoms with Crippen molar-refractivity contribution in [1.29, 1.82) is 0 Å². The molecule has 0 aliphatic heterocycles. The van der Waals surface area contributed by atoms with Crippen molar-refractivity contribution < 1.29 is 8.42 Å². The fourth-order valence-corrected chi connectivity index (χ4v) is 5.59. The lowest BCUT2D eigenvalue weighted by Crippen LogP contribution is -2.33. The highest BCUT2D eigenvalue weighted by Gasteiger charge is 2.29. The molecule has 1 heterocycles. The number of rotatable bonds is 9. The van der Waals surface area contributed by atoms with E-state index in [1.54, 1.807) is 15.6 Å². The highest BCUT2D eigenvalue weighted by molar-refractivity contribution is 7.89. The van der Waals surface area contributed by atoms with Crippen molar-refractivity contribution in [3.05, 3.63) is 15.8 Å². The second-order valence-corrected chi connectivity index (χ2v) is 8.52. The van der Waals surface area contributed by atoms with E-state index in [1.165, 1.54) is 12.8 Å². The van der Waals surface area contributed by atoms with Crippen molar-refractivity contribution in [2.45, 2.75) is 63.9 Å². The fraction of sp³-hybridized carbons (Fsp3) is 0.733. The Morgan fingerprint density at radius 3 is 2.67 bits per heavy atom. The number of hydrogen-bond acceptors (Lipinski definition) is 4. The standard InChI is InChI=1S/C15H26N2O2S2/c1-4-6-9-17(5-2)21(18,19)15-12(3)11-20-14(15)10-16-13-7-8-13/h11,13,16H,4-10H2,1-3H3. The fourth-order valence-electron chi connectivity index (χ4n) is 2.39. The molecule has 1 fully saturated rings. The van der Waals surface area contributed by atoms with E-state index in [2.05, 4.69) is 12.2 Å². The second-order valence-electron chi connectivity index (χ2n) is 5.68. The van der Waals surface area contributed by atoms with Crippen LogP contribution in [-0.4, -0.2) is 31.9 Å². The van der Waals surface area contributed by atoms with Gasteiger partial charge in [0.2, 0.25) is 10.0 Å². The van der Waals surface area contributed by atoms with E-state index in [0.29, 0.717) is 30.6 Å². The summed E-state index contributed by atoms with van der Waals surface area (Å²) in [5.74, 6) is 0. The number of unbranched alkanes of at least 4 members (excludes halogenated alkanes) is 1. The minimum Gasteiger partial charge on any atom is -0.309 e. The summed E-state index contributed by atoms with van der Waals surface area (Å²) in [6.45, 7) is 7.71. The van der Waals surface area contributed by atoms with Crippen LogP contribution in [0.3, 0.4) is 0 Å². The zero-order valence-corrected chi connectivity index (χ0v) is 14.8. The Kier molecular flexibility index (Phi) is 5.82. The summed E-state index contributed by atoms with van der Waals surface area (Å²) >= 11 is 1.56. The van der Waals surface area contributed by atoms with Gasteiger partial charge in [0.25, 0.3) is 0 Å². The predicted molar refractivity (Wildman–Crippen MR) is 88.3 cm³/mol. The minimum atomic E-state index is -3.37. The maximum Gasteiger partial charge on any atom is 0.244 e. The van der Waals surface area contributed by atoms with E-state index in [9.17, 15) is 8.42 Å². The maximum absolute atomic E-state index is 12.9. The smallest absolute Gasteiger partial charge is 0.244 e. The van der Waals surface area contributed by atoms with Crippen LogP contribution in [0.4, 0.5) is 0 Å². The first kappa shape index (κ1) is 16.9. The summed E-state index contributed by atoms with van der Waals surface area (Å²) in [6.07, 6.45) is 4.34. The van der Waals surface area contributed by atoms with E-state index in [0.717, 1.165) is 23.3 Å². The van der Waals surface area contributed by atoms with Gasteiger partial charge in [0.15, 0.2) is 0 Å². The van der Waals surface area contributed by atoms with Crippen LogP contribution in [0.5, 0.6) is 0 Å². The molecule has 0 aromatic carbocycles. The number of nitrogens with one attached hydrogen (secondary N) is 1. The molecule has 4 nitrogen and oxygen atoms in total. The van der Waals surface area contributed by atoms with Gasteiger partial charge < -0.3 is 5.32 Å². The summed E-state index contributed by atoms with van der Waals surface area (Å²) in [4.78, 5) is 1.49. The molecule has 120 valence electrons. The summed E-state index contributed by atoms with van der Waals surface area (Å²) < 4.78 is 27.5. The van der Waals surface area contributed by atoms with E-state index >= 15 is 0 Å². The third kappa shape index (κ3) is 4.06. The van der Waals surface area contributed by atoms with E-state index in [-0.39, 0.29) is 0 Å². The van der Waals surface area contributed by atoms with Gasteiger partial charge in [-0.25, -0.2) is 8.42 Å². The van der Waals surface area contributed by atoms with E-state index < -0.39 is 10.0 Å². The van der Waals surface area contributed by atoms with Gasteiger partial charge in [-0.3, -0.25) is 0 Å². The molecule has 0 spiro atoms. The van der Waals surface area contributed by atoms with Gasteiger partial charge in [-0.1, -0.05) is 20.3 Å². The molecule has 0 radical (unpaired) electrons. The van der Waals surface area contributed by atoms with Gasteiger partial charge in [-0.2, -0.15) is 4.31 Å². The molecular weight excluding hydrogens is 304 g/mol. The molecule has 0 bridgehead atoms. The third-order valence-electron chi connectivity index (χ3n) is 3.83. The van der Waals surface area contributed by atoms with Crippen molar-refractivity contribution in [2.75, 3.05) is 13.1 Å². The summed E-state index contributed by atoms with van der Waals surface area (Å²) in [7, 11) is -3.37. The van der Waals surface area contributed by atoms with E-state index in [1.807, 2.05) is 19.2 Å². The molecule has 21 heavy (non-hydrogen) atoms. The molecule has 0 unspecified atom stereocenters. The Labute approximate surface area is 132 Å². The molecule has 1 aromatic rings. The van der Waals surface area contributed by atoms with Gasteiger partial charge in [-0.15, -0.1) is 11.3 Å². The van der Waals surface area contributed by atoms with Gasteiger partial charge in [0.1, 0.15) is 4.90 Å². The zero-order valence-electron chi connectivity index (χ0n) is 13.2. The maximum atomic E-state index is 12.9. The molecule has 1 N–H and O–H groups in total. The second kappa shape index (κ2) is 7.22. The Morgan fingerprint density at radius 2 is 2.10 bits per heavy atom. The molecule has 1 aliphatic carbocycles. The lowest BCUT2D eigenvalue weighted by atomic mass is 10.3. The van der Waals surface area contributed by atoms with Crippen LogP contribution in [0.15, 0.2) is 10.3 Å². The molecule has 6 heteroatoms. The predicted octanol–water partition coefficient (Wildman–Crippen LogP) is 3.12.